The fourth-order valence-corrected chi connectivity index (χ4v) is 1.53. The topological polar surface area (TPSA) is 37.3 Å². The first-order chi connectivity index (χ1) is 6.91. The van der Waals surface area contributed by atoms with Gasteiger partial charge in [0.2, 0.25) is 0 Å². The molecule has 0 aliphatic heterocycles. The van der Waals surface area contributed by atoms with Crippen molar-refractivity contribution < 1.29 is 14.4 Å². The number of likely N-dealkylation sites (N-methyl/N-ethyl adjacent to an activating group) is 1. The molecule has 3 heteroatoms. The molecule has 82 valence electrons. The van der Waals surface area contributed by atoms with E-state index in [-0.39, 0.29) is 0 Å². The summed E-state index contributed by atoms with van der Waals surface area (Å²) >= 11 is 0. The molecule has 3 nitrogen and oxygen atoms in total. The molecule has 0 fully saturated rings. The molecule has 0 radical (unpaired) electrons. The summed E-state index contributed by atoms with van der Waals surface area (Å²) in [7, 11) is 5.71. The van der Waals surface area contributed by atoms with Crippen LogP contribution in [0.2, 0.25) is 0 Å². The van der Waals surface area contributed by atoms with Crippen molar-refractivity contribution >= 4 is 5.97 Å². The Kier molecular flexibility index (Phi) is 3.48. The lowest BCUT2D eigenvalue weighted by Crippen LogP contribution is -2.51. The zero-order chi connectivity index (χ0) is 11.5. The maximum atomic E-state index is 11.1. The number of nitrogens with zero attached hydrogens (tertiary/aromatic N) is 1. The van der Waals surface area contributed by atoms with Gasteiger partial charge in [-0.05, 0) is 5.56 Å². The standard InChI is InChI=1S/C12H17NO2/c1-13(2,3)11(12(14)15)9-10-7-5-4-6-8-10/h4-8,11H,9H2,1-3H3/p+1. The van der Waals surface area contributed by atoms with Crippen LogP contribution in [0.5, 0.6) is 0 Å². The average molecular weight is 208 g/mol. The first kappa shape index (κ1) is 11.7. The number of carboxylic acid groups (broad SMARTS) is 1. The van der Waals surface area contributed by atoms with Crippen molar-refractivity contribution in [2.45, 2.75) is 12.5 Å². The Labute approximate surface area is 90.5 Å². The first-order valence-electron chi connectivity index (χ1n) is 4.99. The Hall–Kier alpha value is -1.35. The highest BCUT2D eigenvalue weighted by Crippen LogP contribution is 2.11. The molecule has 0 heterocycles. The summed E-state index contributed by atoms with van der Waals surface area (Å²) < 4.78 is 0.435. The van der Waals surface area contributed by atoms with E-state index in [1.807, 2.05) is 51.5 Å². The second-order valence-corrected chi connectivity index (χ2v) is 4.66. The zero-order valence-electron chi connectivity index (χ0n) is 9.47. The summed E-state index contributed by atoms with van der Waals surface area (Å²) in [4.78, 5) is 11.1. The number of carbonyl (C=O) groups is 1. The third-order valence-electron chi connectivity index (χ3n) is 2.49. The molecule has 0 aliphatic rings. The van der Waals surface area contributed by atoms with Crippen LogP contribution in [0.4, 0.5) is 0 Å². The molecular formula is C12H18NO2+. The van der Waals surface area contributed by atoms with Crippen molar-refractivity contribution in [3.63, 3.8) is 0 Å². The van der Waals surface area contributed by atoms with Crippen LogP contribution in [-0.4, -0.2) is 42.7 Å². The van der Waals surface area contributed by atoms with Gasteiger partial charge in [0.25, 0.3) is 0 Å². The largest absolute Gasteiger partial charge is 0.477 e. The van der Waals surface area contributed by atoms with E-state index in [4.69, 9.17) is 5.11 Å². The lowest BCUT2D eigenvalue weighted by molar-refractivity contribution is -0.887. The van der Waals surface area contributed by atoms with Crippen molar-refractivity contribution in [1.82, 2.24) is 0 Å². The zero-order valence-corrected chi connectivity index (χ0v) is 9.47. The molecule has 0 amide bonds. The highest BCUT2D eigenvalue weighted by atomic mass is 16.4. The van der Waals surface area contributed by atoms with E-state index in [2.05, 4.69) is 0 Å². The quantitative estimate of drug-likeness (QED) is 0.759. The van der Waals surface area contributed by atoms with Crippen LogP contribution in [0.25, 0.3) is 0 Å². The van der Waals surface area contributed by atoms with Crippen molar-refractivity contribution in [3.8, 4) is 0 Å². The highest BCUT2D eigenvalue weighted by molar-refractivity contribution is 5.72. The number of benzene rings is 1. The third-order valence-corrected chi connectivity index (χ3v) is 2.49. The monoisotopic (exact) mass is 208 g/mol. The number of aliphatic carboxylic acids is 1. The molecule has 0 spiro atoms. The molecule has 1 N–H and O–H groups in total. The first-order valence-corrected chi connectivity index (χ1v) is 4.99. The summed E-state index contributed by atoms with van der Waals surface area (Å²) in [6.07, 6.45) is 0.569. The van der Waals surface area contributed by atoms with Crippen LogP contribution in [0.3, 0.4) is 0 Å². The van der Waals surface area contributed by atoms with Gasteiger partial charge in [0, 0.05) is 6.42 Å². The minimum Gasteiger partial charge on any atom is -0.477 e. The van der Waals surface area contributed by atoms with Crippen molar-refractivity contribution in [2.24, 2.45) is 0 Å². The van der Waals surface area contributed by atoms with Gasteiger partial charge in [-0.2, -0.15) is 0 Å². The smallest absolute Gasteiger partial charge is 0.362 e. The van der Waals surface area contributed by atoms with Crippen molar-refractivity contribution in [2.75, 3.05) is 21.1 Å². The van der Waals surface area contributed by atoms with Crippen molar-refractivity contribution in [1.29, 1.82) is 0 Å². The van der Waals surface area contributed by atoms with Gasteiger partial charge in [-0.25, -0.2) is 4.79 Å². The maximum Gasteiger partial charge on any atom is 0.362 e. The molecule has 1 aromatic carbocycles. The Morgan fingerprint density at radius 2 is 1.80 bits per heavy atom. The summed E-state index contributed by atoms with van der Waals surface area (Å²) in [6, 6.07) is 9.34. The third kappa shape index (κ3) is 3.36. The lowest BCUT2D eigenvalue weighted by atomic mass is 10.0. The van der Waals surface area contributed by atoms with Gasteiger partial charge < -0.3 is 9.59 Å². The average Bonchev–Trinajstić information content (AvgIpc) is 2.13. The van der Waals surface area contributed by atoms with E-state index in [1.165, 1.54) is 0 Å². The molecule has 0 saturated carbocycles. The SMILES string of the molecule is C[N+](C)(C)C(Cc1ccccc1)C(=O)O. The van der Waals surface area contributed by atoms with E-state index in [0.29, 0.717) is 10.9 Å². The van der Waals surface area contributed by atoms with E-state index in [0.717, 1.165) is 5.56 Å². The van der Waals surface area contributed by atoms with E-state index in [1.54, 1.807) is 0 Å². The van der Waals surface area contributed by atoms with Gasteiger partial charge in [-0.15, -0.1) is 0 Å². The molecular weight excluding hydrogens is 190 g/mol. The van der Waals surface area contributed by atoms with Gasteiger partial charge in [-0.1, -0.05) is 30.3 Å². The van der Waals surface area contributed by atoms with E-state index >= 15 is 0 Å². The van der Waals surface area contributed by atoms with Crippen LogP contribution < -0.4 is 0 Å². The Morgan fingerprint density at radius 3 is 2.20 bits per heavy atom. The van der Waals surface area contributed by atoms with Crippen LogP contribution in [0.15, 0.2) is 30.3 Å². The molecule has 1 unspecified atom stereocenters. The number of hydrogen-bond acceptors (Lipinski definition) is 1. The lowest BCUT2D eigenvalue weighted by Gasteiger charge is -2.31. The molecule has 15 heavy (non-hydrogen) atoms. The van der Waals surface area contributed by atoms with Gasteiger partial charge in [0.05, 0.1) is 21.1 Å². The summed E-state index contributed by atoms with van der Waals surface area (Å²) in [5.41, 5.74) is 1.07. The summed E-state index contributed by atoms with van der Waals surface area (Å²) in [5.74, 6) is -0.744. The minimum absolute atomic E-state index is 0.396. The molecule has 1 aromatic rings. The van der Waals surface area contributed by atoms with Gasteiger partial charge in [-0.3, -0.25) is 0 Å². The second-order valence-electron chi connectivity index (χ2n) is 4.66. The van der Waals surface area contributed by atoms with E-state index < -0.39 is 12.0 Å². The predicted molar refractivity (Wildman–Crippen MR) is 59.6 cm³/mol. The van der Waals surface area contributed by atoms with Gasteiger partial charge >= 0.3 is 5.97 Å². The van der Waals surface area contributed by atoms with E-state index in [9.17, 15) is 4.79 Å². The van der Waals surface area contributed by atoms with Gasteiger partial charge in [0.15, 0.2) is 6.04 Å². The Morgan fingerprint density at radius 1 is 1.27 bits per heavy atom. The number of quaternary nitrogens is 1. The van der Waals surface area contributed by atoms with Crippen molar-refractivity contribution in [3.05, 3.63) is 35.9 Å². The molecule has 1 rings (SSSR count). The van der Waals surface area contributed by atoms with Crippen LogP contribution in [-0.2, 0) is 11.2 Å². The molecule has 0 saturated heterocycles. The Balaban J connectivity index is 2.82. The number of carboxylic acids is 1. The predicted octanol–water partition coefficient (Wildman–Crippen LogP) is 1.39. The molecule has 1 atom stereocenters. The summed E-state index contributed by atoms with van der Waals surface area (Å²) in [5, 5.41) is 9.15. The molecule has 0 aliphatic carbocycles. The fourth-order valence-electron chi connectivity index (χ4n) is 1.53. The second kappa shape index (κ2) is 4.45. The molecule has 0 bridgehead atoms. The number of rotatable bonds is 4. The summed E-state index contributed by atoms with van der Waals surface area (Å²) in [6.45, 7) is 0. The van der Waals surface area contributed by atoms with Crippen LogP contribution in [0, 0.1) is 0 Å². The normalized spacial score (nSPS) is 13.5. The minimum atomic E-state index is -0.744. The Bertz CT molecular complexity index is 327. The number of hydrogen-bond donors (Lipinski definition) is 1. The maximum absolute atomic E-state index is 11.1. The van der Waals surface area contributed by atoms with Crippen LogP contribution in [0.1, 0.15) is 5.56 Å². The van der Waals surface area contributed by atoms with Gasteiger partial charge in [0.1, 0.15) is 0 Å². The highest BCUT2D eigenvalue weighted by Gasteiger charge is 2.31. The fraction of sp³-hybridized carbons (Fsp3) is 0.417. The molecule has 0 aromatic heterocycles. The van der Waals surface area contributed by atoms with Crippen LogP contribution >= 0.6 is 0 Å².